The van der Waals surface area contributed by atoms with Crippen LogP contribution in [0, 0.1) is 0 Å². The lowest BCUT2D eigenvalue weighted by molar-refractivity contribution is 0.249. The fourth-order valence-electron chi connectivity index (χ4n) is 4.40. The highest BCUT2D eigenvalue weighted by Gasteiger charge is 2.50. The molecule has 6 nitrogen and oxygen atoms in total. The summed E-state index contributed by atoms with van der Waals surface area (Å²) < 4.78 is 59.1. The summed E-state index contributed by atoms with van der Waals surface area (Å²) in [7, 11) is -5.61. The molecule has 0 N–H and O–H groups in total. The second-order valence-corrected chi connectivity index (χ2v) is 11.4. The Kier molecular flexibility index (Phi) is 4.97. The molecule has 28 heavy (non-hydrogen) atoms. The van der Waals surface area contributed by atoms with Crippen molar-refractivity contribution in [3.05, 3.63) is 54.6 Å². The first-order chi connectivity index (χ1) is 13.3. The Morgan fingerprint density at radius 3 is 1.93 bits per heavy atom. The summed E-state index contributed by atoms with van der Waals surface area (Å²) in [6, 6.07) is 14.2. The van der Waals surface area contributed by atoms with Crippen molar-refractivity contribution in [3.63, 3.8) is 0 Å². The molecule has 2 heterocycles. The zero-order valence-corrected chi connectivity index (χ0v) is 17.2. The maximum Gasteiger partial charge on any atom is 0.243 e. The molecular formula is C20H23NO5S2. The Balaban J connectivity index is 1.60. The van der Waals surface area contributed by atoms with Crippen LogP contribution < -0.4 is 4.74 Å². The molecule has 2 aromatic rings. The predicted octanol–water partition coefficient (Wildman–Crippen LogP) is 2.85. The monoisotopic (exact) mass is 421 g/mol. The van der Waals surface area contributed by atoms with Crippen molar-refractivity contribution in [3.8, 4) is 5.75 Å². The minimum atomic E-state index is -3.67. The van der Waals surface area contributed by atoms with Gasteiger partial charge in [-0.2, -0.15) is 4.31 Å². The topological polar surface area (TPSA) is 80.8 Å². The maximum absolute atomic E-state index is 13.2. The molecule has 2 atom stereocenters. The van der Waals surface area contributed by atoms with E-state index in [0.717, 1.165) is 0 Å². The SMILES string of the molecule is COc1ccc(S(=O)(=O)N2C3CCC2CC(S(=O)(=O)c2ccccc2)C3)cc1. The van der Waals surface area contributed by atoms with E-state index in [1.807, 2.05) is 0 Å². The summed E-state index contributed by atoms with van der Waals surface area (Å²) in [6.45, 7) is 0. The number of nitrogens with zero attached hydrogens (tertiary/aromatic N) is 1. The van der Waals surface area contributed by atoms with Gasteiger partial charge in [0.25, 0.3) is 0 Å². The van der Waals surface area contributed by atoms with Crippen LogP contribution in [0.2, 0.25) is 0 Å². The number of piperidine rings is 1. The van der Waals surface area contributed by atoms with Crippen molar-refractivity contribution < 1.29 is 21.6 Å². The van der Waals surface area contributed by atoms with Crippen LogP contribution in [0.15, 0.2) is 64.4 Å². The fraction of sp³-hybridized carbons (Fsp3) is 0.400. The Hall–Kier alpha value is -1.90. The number of hydrogen-bond acceptors (Lipinski definition) is 5. The average molecular weight is 422 g/mol. The lowest BCUT2D eigenvalue weighted by Crippen LogP contribution is -2.49. The molecule has 0 spiro atoms. The highest BCUT2D eigenvalue weighted by atomic mass is 32.2. The lowest BCUT2D eigenvalue weighted by Gasteiger charge is -2.37. The molecule has 0 radical (unpaired) electrons. The van der Waals surface area contributed by atoms with Crippen molar-refractivity contribution in [2.45, 2.75) is 52.8 Å². The van der Waals surface area contributed by atoms with Gasteiger partial charge in [0.2, 0.25) is 10.0 Å². The fourth-order valence-corrected chi connectivity index (χ4v) is 8.17. The quantitative estimate of drug-likeness (QED) is 0.742. The third-order valence-electron chi connectivity index (χ3n) is 5.77. The molecule has 2 bridgehead atoms. The van der Waals surface area contributed by atoms with E-state index in [9.17, 15) is 16.8 Å². The molecule has 0 aliphatic carbocycles. The summed E-state index contributed by atoms with van der Waals surface area (Å²) in [6.07, 6.45) is 2.06. The number of sulfonamides is 1. The minimum Gasteiger partial charge on any atom is -0.497 e. The van der Waals surface area contributed by atoms with Crippen LogP contribution >= 0.6 is 0 Å². The van der Waals surface area contributed by atoms with E-state index < -0.39 is 25.1 Å². The van der Waals surface area contributed by atoms with Gasteiger partial charge in [0.15, 0.2) is 9.84 Å². The second kappa shape index (κ2) is 7.17. The van der Waals surface area contributed by atoms with Crippen molar-refractivity contribution in [2.75, 3.05) is 7.11 Å². The van der Waals surface area contributed by atoms with Gasteiger partial charge in [-0.05, 0) is 62.1 Å². The van der Waals surface area contributed by atoms with Crippen LogP contribution in [0.5, 0.6) is 5.75 Å². The van der Waals surface area contributed by atoms with Crippen LogP contribution in [-0.2, 0) is 19.9 Å². The Labute approximate surface area is 166 Å². The van der Waals surface area contributed by atoms with E-state index in [1.165, 1.54) is 7.11 Å². The first-order valence-electron chi connectivity index (χ1n) is 9.30. The van der Waals surface area contributed by atoms with Gasteiger partial charge in [-0.15, -0.1) is 0 Å². The number of ether oxygens (including phenoxy) is 1. The van der Waals surface area contributed by atoms with Crippen molar-refractivity contribution in [1.29, 1.82) is 0 Å². The summed E-state index contributed by atoms with van der Waals surface area (Å²) >= 11 is 0. The summed E-state index contributed by atoms with van der Waals surface area (Å²) in [5.41, 5.74) is 0. The van der Waals surface area contributed by atoms with Crippen LogP contribution in [0.25, 0.3) is 0 Å². The van der Waals surface area contributed by atoms with E-state index in [1.54, 1.807) is 58.9 Å². The second-order valence-electron chi connectivity index (χ2n) is 7.35. The highest BCUT2D eigenvalue weighted by Crippen LogP contribution is 2.42. The van der Waals surface area contributed by atoms with E-state index in [4.69, 9.17) is 4.74 Å². The van der Waals surface area contributed by atoms with E-state index in [0.29, 0.717) is 36.3 Å². The van der Waals surface area contributed by atoms with E-state index in [-0.39, 0.29) is 17.0 Å². The molecule has 2 aromatic carbocycles. The normalized spacial score (nSPS) is 25.5. The third-order valence-corrected chi connectivity index (χ3v) is 9.98. The molecule has 0 saturated carbocycles. The number of benzene rings is 2. The number of rotatable bonds is 5. The highest BCUT2D eigenvalue weighted by molar-refractivity contribution is 7.92. The first kappa shape index (κ1) is 19.4. The zero-order chi connectivity index (χ0) is 19.9. The standard InChI is InChI=1S/C20H23NO5S2/c1-26-17-9-11-19(12-10-17)28(24,25)21-15-7-8-16(21)14-20(13-15)27(22,23)18-5-3-2-4-6-18/h2-6,9-12,15-16,20H,7-8,13-14H2,1H3. The Bertz CT molecular complexity index is 1040. The zero-order valence-electron chi connectivity index (χ0n) is 15.6. The number of methoxy groups -OCH3 is 1. The van der Waals surface area contributed by atoms with Crippen molar-refractivity contribution in [1.82, 2.24) is 4.31 Å². The maximum atomic E-state index is 13.2. The molecule has 150 valence electrons. The predicted molar refractivity (Wildman–Crippen MR) is 105 cm³/mol. The molecule has 2 aliphatic heterocycles. The molecule has 2 saturated heterocycles. The van der Waals surface area contributed by atoms with Crippen molar-refractivity contribution in [2.24, 2.45) is 0 Å². The van der Waals surface area contributed by atoms with Gasteiger partial charge in [-0.1, -0.05) is 18.2 Å². The molecule has 2 aliphatic rings. The largest absolute Gasteiger partial charge is 0.497 e. The molecule has 2 fully saturated rings. The first-order valence-corrected chi connectivity index (χ1v) is 12.3. The van der Waals surface area contributed by atoms with Gasteiger partial charge in [0.05, 0.1) is 22.2 Å². The van der Waals surface area contributed by atoms with E-state index in [2.05, 4.69) is 0 Å². The van der Waals surface area contributed by atoms with Crippen LogP contribution in [0.1, 0.15) is 25.7 Å². The van der Waals surface area contributed by atoms with Crippen molar-refractivity contribution >= 4 is 19.9 Å². The number of hydrogen-bond donors (Lipinski definition) is 0. The van der Waals surface area contributed by atoms with Crippen LogP contribution in [0.4, 0.5) is 0 Å². The molecule has 8 heteroatoms. The summed E-state index contributed by atoms with van der Waals surface area (Å²) in [4.78, 5) is 0.528. The number of sulfone groups is 1. The average Bonchev–Trinajstić information content (AvgIpc) is 2.99. The van der Waals surface area contributed by atoms with Gasteiger partial charge < -0.3 is 4.74 Å². The van der Waals surface area contributed by atoms with Gasteiger partial charge >= 0.3 is 0 Å². The van der Waals surface area contributed by atoms with Gasteiger partial charge in [0.1, 0.15) is 5.75 Å². The Morgan fingerprint density at radius 1 is 0.821 bits per heavy atom. The smallest absolute Gasteiger partial charge is 0.243 e. The molecule has 0 aromatic heterocycles. The molecule has 0 amide bonds. The summed E-state index contributed by atoms with van der Waals surface area (Å²) in [5.74, 6) is 0.592. The molecule has 4 rings (SSSR count). The summed E-state index contributed by atoms with van der Waals surface area (Å²) in [5, 5.41) is -0.547. The van der Waals surface area contributed by atoms with Gasteiger partial charge in [-0.3, -0.25) is 0 Å². The van der Waals surface area contributed by atoms with E-state index >= 15 is 0 Å². The van der Waals surface area contributed by atoms with Gasteiger partial charge in [0, 0.05) is 12.1 Å². The molecule has 2 unspecified atom stereocenters. The number of fused-ring (bicyclic) bond motifs is 2. The van der Waals surface area contributed by atoms with Crippen LogP contribution in [-0.4, -0.2) is 45.6 Å². The lowest BCUT2D eigenvalue weighted by atomic mass is 10.1. The minimum absolute atomic E-state index is 0.217. The molecular weight excluding hydrogens is 398 g/mol. The Morgan fingerprint density at radius 2 is 1.39 bits per heavy atom. The van der Waals surface area contributed by atoms with Gasteiger partial charge in [-0.25, -0.2) is 16.8 Å². The third kappa shape index (κ3) is 3.23. The van der Waals surface area contributed by atoms with Crippen LogP contribution in [0.3, 0.4) is 0 Å².